The summed E-state index contributed by atoms with van der Waals surface area (Å²) in [5.41, 5.74) is 0.305. The van der Waals surface area contributed by atoms with Crippen molar-refractivity contribution in [2.75, 3.05) is 21.2 Å². The number of carbonyl (C=O) groups excluding carboxylic acids is 1. The fourth-order valence-corrected chi connectivity index (χ4v) is 5.29. The number of hydrogen-bond donors (Lipinski definition) is 0. The van der Waals surface area contributed by atoms with Crippen LogP contribution in [0.5, 0.6) is 5.75 Å². The quantitative estimate of drug-likeness (QED) is 0.522. The Balaban J connectivity index is 1.98. The molecule has 9 heteroatoms. The van der Waals surface area contributed by atoms with Crippen molar-refractivity contribution < 1.29 is 17.9 Å². The zero-order valence-electron chi connectivity index (χ0n) is 16.4. The van der Waals surface area contributed by atoms with Crippen molar-refractivity contribution in [3.63, 3.8) is 0 Å². The van der Waals surface area contributed by atoms with E-state index in [4.69, 9.17) is 4.74 Å². The van der Waals surface area contributed by atoms with Gasteiger partial charge in [0.2, 0.25) is 10.0 Å². The van der Waals surface area contributed by atoms with Crippen molar-refractivity contribution >= 4 is 38.6 Å². The first-order valence-electron chi connectivity index (χ1n) is 8.77. The number of rotatable bonds is 8. The van der Waals surface area contributed by atoms with E-state index in [2.05, 4.69) is 0 Å². The van der Waals surface area contributed by atoms with Gasteiger partial charge in [-0.25, -0.2) is 12.7 Å². The summed E-state index contributed by atoms with van der Waals surface area (Å²) < 4.78 is 31.7. The summed E-state index contributed by atoms with van der Waals surface area (Å²) in [6.07, 6.45) is 0. The van der Waals surface area contributed by atoms with Crippen molar-refractivity contribution in [3.05, 3.63) is 68.5 Å². The van der Waals surface area contributed by atoms with Crippen LogP contribution in [0.1, 0.15) is 20.1 Å². The molecule has 2 aromatic heterocycles. The highest BCUT2D eigenvalue weighted by Gasteiger charge is 2.25. The maximum atomic E-state index is 13.3. The summed E-state index contributed by atoms with van der Waals surface area (Å²) in [5, 5.41) is 3.94. The second-order valence-electron chi connectivity index (χ2n) is 6.47. The van der Waals surface area contributed by atoms with E-state index in [1.165, 1.54) is 33.3 Å². The molecule has 0 aliphatic rings. The van der Waals surface area contributed by atoms with Crippen LogP contribution >= 0.6 is 22.7 Å². The van der Waals surface area contributed by atoms with Crippen molar-refractivity contribution in [2.24, 2.45) is 0 Å². The van der Waals surface area contributed by atoms with Crippen molar-refractivity contribution in [2.45, 2.75) is 18.0 Å². The van der Waals surface area contributed by atoms with E-state index in [1.807, 2.05) is 35.0 Å². The fraction of sp³-hybridized carbons (Fsp3) is 0.250. The standard InChI is InChI=1S/C20H22N2O4S3/c1-21(2)29(24,25)19-12-15(8-9-18(19)26-3)20(23)22(13-16-6-4-10-27-16)14-17-7-5-11-28-17/h4-12H,13-14H2,1-3H3. The van der Waals surface area contributed by atoms with Crippen LogP contribution in [0.2, 0.25) is 0 Å². The number of carbonyl (C=O) groups is 1. The van der Waals surface area contributed by atoms with Gasteiger partial charge in [0.05, 0.1) is 20.2 Å². The van der Waals surface area contributed by atoms with Crippen molar-refractivity contribution in [3.8, 4) is 5.75 Å². The summed E-state index contributed by atoms with van der Waals surface area (Å²) in [4.78, 5) is 17.2. The molecule has 154 valence electrons. The molecule has 0 saturated carbocycles. The van der Waals surface area contributed by atoms with Gasteiger partial charge in [-0.1, -0.05) is 12.1 Å². The molecule has 0 aliphatic heterocycles. The Hall–Kier alpha value is -2.20. The molecule has 3 rings (SSSR count). The molecule has 0 spiro atoms. The molecule has 2 heterocycles. The SMILES string of the molecule is COc1ccc(C(=O)N(Cc2cccs2)Cc2cccs2)cc1S(=O)(=O)N(C)C. The minimum atomic E-state index is -3.76. The topological polar surface area (TPSA) is 66.9 Å². The highest BCUT2D eigenvalue weighted by Crippen LogP contribution is 2.28. The lowest BCUT2D eigenvalue weighted by atomic mass is 10.2. The largest absolute Gasteiger partial charge is 0.495 e. The number of ether oxygens (including phenoxy) is 1. The van der Waals surface area contributed by atoms with Crippen molar-refractivity contribution in [1.29, 1.82) is 0 Å². The molecule has 0 N–H and O–H groups in total. The van der Waals surface area contributed by atoms with E-state index in [1.54, 1.807) is 33.6 Å². The molecule has 0 fully saturated rings. The lowest BCUT2D eigenvalue weighted by Crippen LogP contribution is -2.30. The Morgan fingerprint density at radius 3 is 2.03 bits per heavy atom. The number of sulfonamides is 1. The maximum absolute atomic E-state index is 13.3. The van der Waals surface area contributed by atoms with Crippen LogP contribution in [0.4, 0.5) is 0 Å². The lowest BCUT2D eigenvalue weighted by Gasteiger charge is -2.22. The molecule has 0 unspecified atom stereocenters. The van der Waals surface area contributed by atoms with Gasteiger partial charge in [-0.05, 0) is 41.1 Å². The molecule has 1 aromatic carbocycles. The summed E-state index contributed by atoms with van der Waals surface area (Å²) in [5.74, 6) is -0.0250. The molecule has 0 aliphatic carbocycles. The van der Waals surface area contributed by atoms with Crippen LogP contribution in [-0.2, 0) is 23.1 Å². The maximum Gasteiger partial charge on any atom is 0.254 e. The third-order valence-electron chi connectivity index (χ3n) is 4.31. The number of methoxy groups -OCH3 is 1. The van der Waals surface area contributed by atoms with Gasteiger partial charge in [0.1, 0.15) is 10.6 Å². The molecular formula is C20H22N2O4S3. The number of nitrogens with zero attached hydrogens (tertiary/aromatic N) is 2. The number of benzene rings is 1. The van der Waals surface area contributed by atoms with E-state index < -0.39 is 10.0 Å². The zero-order chi connectivity index (χ0) is 21.0. The Morgan fingerprint density at radius 2 is 1.59 bits per heavy atom. The third-order valence-corrected chi connectivity index (χ3v) is 7.87. The van der Waals surface area contributed by atoms with E-state index in [0.29, 0.717) is 18.7 Å². The minimum Gasteiger partial charge on any atom is -0.495 e. The predicted molar refractivity (Wildman–Crippen MR) is 116 cm³/mol. The van der Waals surface area contributed by atoms with Crippen LogP contribution in [0, 0.1) is 0 Å². The molecule has 6 nitrogen and oxygen atoms in total. The predicted octanol–water partition coefficient (Wildman–Crippen LogP) is 3.91. The molecule has 0 radical (unpaired) electrons. The van der Waals surface area contributed by atoms with Crippen LogP contribution in [-0.4, -0.2) is 44.7 Å². The van der Waals surface area contributed by atoms with Crippen LogP contribution in [0.25, 0.3) is 0 Å². The monoisotopic (exact) mass is 450 g/mol. The van der Waals surface area contributed by atoms with Crippen LogP contribution < -0.4 is 4.74 Å². The van der Waals surface area contributed by atoms with E-state index in [9.17, 15) is 13.2 Å². The van der Waals surface area contributed by atoms with Gasteiger partial charge < -0.3 is 9.64 Å². The molecule has 29 heavy (non-hydrogen) atoms. The van der Waals surface area contributed by atoms with Gasteiger partial charge in [-0.2, -0.15) is 0 Å². The van der Waals surface area contributed by atoms with Gasteiger partial charge in [-0.3, -0.25) is 4.79 Å². The van der Waals surface area contributed by atoms with E-state index >= 15 is 0 Å². The smallest absolute Gasteiger partial charge is 0.254 e. The van der Waals surface area contributed by atoms with E-state index in [0.717, 1.165) is 14.1 Å². The first-order valence-corrected chi connectivity index (χ1v) is 12.0. The second-order valence-corrected chi connectivity index (χ2v) is 10.7. The Bertz CT molecular complexity index is 1020. The first kappa shape index (κ1) is 21.5. The van der Waals surface area contributed by atoms with E-state index in [-0.39, 0.29) is 16.6 Å². The highest BCUT2D eigenvalue weighted by molar-refractivity contribution is 7.89. The molecule has 0 atom stereocenters. The van der Waals surface area contributed by atoms with Crippen molar-refractivity contribution in [1.82, 2.24) is 9.21 Å². The number of hydrogen-bond acceptors (Lipinski definition) is 6. The Kier molecular flexibility index (Phi) is 6.74. The van der Waals surface area contributed by atoms with Gasteiger partial charge in [0, 0.05) is 29.4 Å². The minimum absolute atomic E-state index is 0.0250. The molecule has 3 aromatic rings. The molecular weight excluding hydrogens is 428 g/mol. The van der Waals surface area contributed by atoms with Gasteiger partial charge in [0.25, 0.3) is 5.91 Å². The summed E-state index contributed by atoms with van der Waals surface area (Å²) in [6, 6.07) is 12.4. The Morgan fingerprint density at radius 1 is 1.00 bits per heavy atom. The second kappa shape index (κ2) is 9.08. The normalized spacial score (nSPS) is 11.6. The fourth-order valence-electron chi connectivity index (χ4n) is 2.77. The molecule has 0 bridgehead atoms. The first-order chi connectivity index (χ1) is 13.8. The van der Waals surface area contributed by atoms with Gasteiger partial charge in [0.15, 0.2) is 0 Å². The number of thiophene rings is 2. The molecule has 1 amide bonds. The molecule has 0 saturated heterocycles. The number of amides is 1. The Labute approximate surface area is 179 Å². The average Bonchev–Trinajstić information content (AvgIpc) is 3.40. The summed E-state index contributed by atoms with van der Waals surface area (Å²) in [6.45, 7) is 0.909. The van der Waals surface area contributed by atoms with Gasteiger partial charge in [-0.15, -0.1) is 22.7 Å². The summed E-state index contributed by atoms with van der Waals surface area (Å²) >= 11 is 3.16. The van der Waals surface area contributed by atoms with Crippen LogP contribution in [0.15, 0.2) is 58.1 Å². The lowest BCUT2D eigenvalue weighted by molar-refractivity contribution is 0.0733. The summed E-state index contributed by atoms with van der Waals surface area (Å²) in [7, 11) is 0.544. The third kappa shape index (κ3) is 4.87. The highest BCUT2D eigenvalue weighted by atomic mass is 32.2. The van der Waals surface area contributed by atoms with Crippen LogP contribution in [0.3, 0.4) is 0 Å². The van der Waals surface area contributed by atoms with Gasteiger partial charge >= 0.3 is 0 Å². The average molecular weight is 451 g/mol. The zero-order valence-corrected chi connectivity index (χ0v) is 18.8.